The van der Waals surface area contributed by atoms with E-state index in [1.807, 2.05) is 44.7 Å². The van der Waals surface area contributed by atoms with Gasteiger partial charge in [-0.2, -0.15) is 10.1 Å². The second-order valence-corrected chi connectivity index (χ2v) is 9.89. The SMILES string of the molecule is Cc1c(C(=O)N2CCN(c3ccc(F)cc3)CC2)cnn1-c1ccc(-c2nc(C(C)(C)C)no2)cn1. The van der Waals surface area contributed by atoms with E-state index in [0.717, 1.165) is 5.69 Å². The fraction of sp³-hybridized carbons (Fsp3) is 0.346. The van der Waals surface area contributed by atoms with Crippen molar-refractivity contribution in [2.45, 2.75) is 33.1 Å². The molecule has 1 aromatic carbocycles. The number of aromatic nitrogens is 5. The maximum atomic E-state index is 13.2. The van der Waals surface area contributed by atoms with Gasteiger partial charge < -0.3 is 14.3 Å². The normalized spacial score (nSPS) is 14.4. The van der Waals surface area contributed by atoms with E-state index in [-0.39, 0.29) is 17.1 Å². The standard InChI is InChI=1S/C26H28FN7O2/c1-17-21(24(35)33-13-11-32(12-14-33)20-8-6-19(27)7-9-20)16-29-34(17)22-10-5-18(15-28-22)23-30-25(31-36-23)26(2,3)4/h5-10,15-16H,11-14H2,1-4H3. The van der Waals surface area contributed by atoms with Crippen LogP contribution in [0, 0.1) is 12.7 Å². The largest absolute Gasteiger partial charge is 0.368 e. The van der Waals surface area contributed by atoms with Gasteiger partial charge in [0, 0.05) is 43.5 Å². The lowest BCUT2D eigenvalue weighted by molar-refractivity contribution is 0.0746. The van der Waals surface area contributed by atoms with Crippen LogP contribution in [-0.4, -0.2) is 61.9 Å². The van der Waals surface area contributed by atoms with Crippen molar-refractivity contribution in [1.29, 1.82) is 0 Å². The molecule has 36 heavy (non-hydrogen) atoms. The van der Waals surface area contributed by atoms with Crippen LogP contribution in [0.5, 0.6) is 0 Å². The van der Waals surface area contributed by atoms with Gasteiger partial charge in [-0.1, -0.05) is 25.9 Å². The van der Waals surface area contributed by atoms with E-state index in [1.165, 1.54) is 12.1 Å². The van der Waals surface area contributed by atoms with Gasteiger partial charge in [0.2, 0.25) is 0 Å². The number of pyridine rings is 1. The van der Waals surface area contributed by atoms with Crippen LogP contribution in [0.3, 0.4) is 0 Å². The molecule has 3 aromatic heterocycles. The van der Waals surface area contributed by atoms with Crippen molar-refractivity contribution >= 4 is 11.6 Å². The number of anilines is 1. The van der Waals surface area contributed by atoms with E-state index < -0.39 is 0 Å². The summed E-state index contributed by atoms with van der Waals surface area (Å²) in [5.74, 6) is 1.31. The summed E-state index contributed by atoms with van der Waals surface area (Å²) in [4.78, 5) is 26.2. The summed E-state index contributed by atoms with van der Waals surface area (Å²) in [6, 6.07) is 10.1. The van der Waals surface area contributed by atoms with Crippen molar-refractivity contribution in [3.63, 3.8) is 0 Å². The summed E-state index contributed by atoms with van der Waals surface area (Å²) >= 11 is 0. The number of rotatable bonds is 4. The van der Waals surface area contributed by atoms with Gasteiger partial charge in [-0.25, -0.2) is 14.1 Å². The second-order valence-electron chi connectivity index (χ2n) is 9.89. The Hall–Kier alpha value is -4.08. The molecule has 0 radical (unpaired) electrons. The molecule has 1 fully saturated rings. The Morgan fingerprint density at radius 3 is 2.33 bits per heavy atom. The fourth-order valence-electron chi connectivity index (χ4n) is 4.12. The molecule has 10 heteroatoms. The monoisotopic (exact) mass is 489 g/mol. The van der Waals surface area contributed by atoms with E-state index in [1.54, 1.807) is 29.2 Å². The molecule has 0 aliphatic carbocycles. The minimum atomic E-state index is -0.256. The third-order valence-electron chi connectivity index (χ3n) is 6.31. The lowest BCUT2D eigenvalue weighted by atomic mass is 9.96. The molecule has 1 aliphatic heterocycles. The van der Waals surface area contributed by atoms with Crippen molar-refractivity contribution in [2.75, 3.05) is 31.1 Å². The molecule has 0 bridgehead atoms. The molecule has 1 aliphatic rings. The highest BCUT2D eigenvalue weighted by Crippen LogP contribution is 2.24. The summed E-state index contributed by atoms with van der Waals surface area (Å²) in [7, 11) is 0. The summed E-state index contributed by atoms with van der Waals surface area (Å²) in [6.45, 7) is 10.4. The smallest absolute Gasteiger partial charge is 0.259 e. The van der Waals surface area contributed by atoms with Gasteiger partial charge in [0.05, 0.1) is 23.0 Å². The lowest BCUT2D eigenvalue weighted by Gasteiger charge is -2.36. The zero-order valence-electron chi connectivity index (χ0n) is 20.8. The van der Waals surface area contributed by atoms with Crippen LogP contribution in [0.2, 0.25) is 0 Å². The Labute approximate surface area is 208 Å². The third kappa shape index (κ3) is 4.58. The summed E-state index contributed by atoms with van der Waals surface area (Å²) in [5, 5.41) is 8.48. The van der Waals surface area contributed by atoms with Gasteiger partial charge in [-0.05, 0) is 43.3 Å². The molecule has 0 saturated carbocycles. The predicted octanol–water partition coefficient (Wildman–Crippen LogP) is 4.02. The Kier molecular flexibility index (Phi) is 6.03. The van der Waals surface area contributed by atoms with Crippen LogP contribution >= 0.6 is 0 Å². The predicted molar refractivity (Wildman–Crippen MR) is 133 cm³/mol. The first-order valence-corrected chi connectivity index (χ1v) is 11.9. The highest BCUT2D eigenvalue weighted by Gasteiger charge is 2.26. The first-order valence-electron chi connectivity index (χ1n) is 11.9. The maximum Gasteiger partial charge on any atom is 0.259 e. The number of piperazine rings is 1. The van der Waals surface area contributed by atoms with Gasteiger partial charge in [-0.3, -0.25) is 4.79 Å². The second kappa shape index (κ2) is 9.18. The molecule has 5 rings (SSSR count). The Morgan fingerprint density at radius 2 is 1.72 bits per heavy atom. The molecule has 1 saturated heterocycles. The zero-order chi connectivity index (χ0) is 25.4. The van der Waals surface area contributed by atoms with E-state index in [2.05, 4.69) is 25.1 Å². The molecule has 4 aromatic rings. The summed E-state index contributed by atoms with van der Waals surface area (Å²) < 4.78 is 20.3. The zero-order valence-corrected chi connectivity index (χ0v) is 20.8. The van der Waals surface area contributed by atoms with E-state index in [0.29, 0.717) is 60.5 Å². The lowest BCUT2D eigenvalue weighted by Crippen LogP contribution is -2.48. The molecular formula is C26H28FN7O2. The molecule has 9 nitrogen and oxygen atoms in total. The van der Waals surface area contributed by atoms with Crippen LogP contribution in [0.15, 0.2) is 53.3 Å². The molecule has 4 heterocycles. The Morgan fingerprint density at radius 1 is 1.00 bits per heavy atom. The average molecular weight is 490 g/mol. The van der Waals surface area contributed by atoms with Crippen LogP contribution in [0.4, 0.5) is 10.1 Å². The number of carbonyl (C=O) groups excluding carboxylic acids is 1. The number of halogens is 1. The van der Waals surface area contributed by atoms with E-state index >= 15 is 0 Å². The van der Waals surface area contributed by atoms with Crippen molar-refractivity contribution < 1.29 is 13.7 Å². The molecule has 0 unspecified atom stereocenters. The highest BCUT2D eigenvalue weighted by molar-refractivity contribution is 5.95. The number of amides is 1. The molecule has 0 spiro atoms. The van der Waals surface area contributed by atoms with Gasteiger partial charge in [0.1, 0.15) is 5.82 Å². The first kappa shape index (κ1) is 23.7. The van der Waals surface area contributed by atoms with Crippen molar-refractivity contribution in [1.82, 2.24) is 29.8 Å². The van der Waals surface area contributed by atoms with Gasteiger partial charge >= 0.3 is 0 Å². The summed E-state index contributed by atoms with van der Waals surface area (Å²) in [6.07, 6.45) is 3.25. The van der Waals surface area contributed by atoms with Crippen LogP contribution < -0.4 is 4.90 Å². The number of benzene rings is 1. The maximum absolute atomic E-state index is 13.2. The minimum absolute atomic E-state index is 0.0605. The average Bonchev–Trinajstić information content (AvgIpc) is 3.52. The number of carbonyl (C=O) groups is 1. The Bertz CT molecular complexity index is 1360. The first-order chi connectivity index (χ1) is 17.2. The minimum Gasteiger partial charge on any atom is -0.368 e. The van der Waals surface area contributed by atoms with Crippen molar-refractivity contribution in [2.24, 2.45) is 0 Å². The number of hydrogen-bond donors (Lipinski definition) is 0. The van der Waals surface area contributed by atoms with Crippen molar-refractivity contribution in [3.8, 4) is 17.3 Å². The number of nitrogens with zero attached hydrogens (tertiary/aromatic N) is 7. The quantitative estimate of drug-likeness (QED) is 0.427. The molecular weight excluding hydrogens is 461 g/mol. The molecule has 1 amide bonds. The van der Waals surface area contributed by atoms with E-state index in [4.69, 9.17) is 4.52 Å². The fourth-order valence-corrected chi connectivity index (χ4v) is 4.12. The van der Waals surface area contributed by atoms with Crippen LogP contribution in [0.1, 0.15) is 42.6 Å². The van der Waals surface area contributed by atoms with Crippen LogP contribution in [-0.2, 0) is 5.41 Å². The highest BCUT2D eigenvalue weighted by atomic mass is 19.1. The van der Waals surface area contributed by atoms with Gasteiger partial charge in [0.25, 0.3) is 11.8 Å². The third-order valence-corrected chi connectivity index (χ3v) is 6.31. The van der Waals surface area contributed by atoms with Crippen molar-refractivity contribution in [3.05, 3.63) is 71.7 Å². The Balaban J connectivity index is 1.27. The molecule has 0 N–H and O–H groups in total. The van der Waals surface area contributed by atoms with Crippen LogP contribution in [0.25, 0.3) is 17.3 Å². The molecule has 186 valence electrons. The molecule has 0 atom stereocenters. The number of hydrogen-bond acceptors (Lipinski definition) is 7. The summed E-state index contributed by atoms with van der Waals surface area (Å²) in [5.41, 5.74) is 2.72. The van der Waals surface area contributed by atoms with Gasteiger partial charge in [-0.15, -0.1) is 0 Å². The topological polar surface area (TPSA) is 93.2 Å². The van der Waals surface area contributed by atoms with E-state index in [9.17, 15) is 9.18 Å². The van der Waals surface area contributed by atoms with Gasteiger partial charge in [0.15, 0.2) is 11.6 Å².